The van der Waals surface area contributed by atoms with Gasteiger partial charge in [0.2, 0.25) is 5.91 Å². The van der Waals surface area contributed by atoms with E-state index in [1.54, 1.807) is 0 Å². The van der Waals surface area contributed by atoms with Crippen LogP contribution < -0.4 is 5.32 Å². The molecule has 0 bridgehead atoms. The number of aliphatic hydroxyl groups is 2. The van der Waals surface area contributed by atoms with Crippen LogP contribution in [0.5, 0.6) is 0 Å². The first-order valence-corrected chi connectivity index (χ1v) is 32.7. The zero-order valence-corrected chi connectivity index (χ0v) is 49.1. The van der Waals surface area contributed by atoms with Crippen LogP contribution in [0.15, 0.2) is 36.5 Å². The number of carbonyl (C=O) groups is 2. The van der Waals surface area contributed by atoms with Crippen LogP contribution in [0.1, 0.15) is 354 Å². The molecule has 6 nitrogen and oxygen atoms in total. The Morgan fingerprint density at radius 1 is 0.384 bits per heavy atom. The van der Waals surface area contributed by atoms with Gasteiger partial charge in [-0.15, -0.1) is 0 Å². The molecule has 73 heavy (non-hydrogen) atoms. The molecule has 1 amide bonds. The molecule has 6 heteroatoms. The third-order valence-corrected chi connectivity index (χ3v) is 15.2. The number of carbonyl (C=O) groups excluding carboxylic acids is 2. The Morgan fingerprint density at radius 3 is 1.07 bits per heavy atom. The normalized spacial score (nSPS) is 12.8. The molecule has 0 radical (unpaired) electrons. The first-order valence-electron chi connectivity index (χ1n) is 32.7. The van der Waals surface area contributed by atoms with E-state index < -0.39 is 12.1 Å². The molecule has 0 aliphatic rings. The highest BCUT2D eigenvalue weighted by Gasteiger charge is 2.20. The summed E-state index contributed by atoms with van der Waals surface area (Å²) >= 11 is 0. The molecule has 0 aromatic carbocycles. The number of unbranched alkanes of at least 4 members (excludes halogenated alkanes) is 44. The predicted octanol–water partition coefficient (Wildman–Crippen LogP) is 20.8. The molecule has 0 heterocycles. The molecule has 3 N–H and O–H groups in total. The first-order chi connectivity index (χ1) is 36.0. The number of hydrogen-bond donors (Lipinski definition) is 3. The minimum absolute atomic E-state index is 0.000691. The Labute approximate surface area is 455 Å². The van der Waals surface area contributed by atoms with Crippen molar-refractivity contribution in [3.8, 4) is 0 Å². The smallest absolute Gasteiger partial charge is 0.305 e. The molecule has 0 fully saturated rings. The van der Waals surface area contributed by atoms with Crippen LogP contribution in [-0.2, 0) is 14.3 Å². The minimum atomic E-state index is -0.668. The molecule has 0 aliphatic carbocycles. The van der Waals surface area contributed by atoms with Gasteiger partial charge >= 0.3 is 5.97 Å². The highest BCUT2D eigenvalue weighted by Crippen LogP contribution is 2.18. The predicted molar refractivity (Wildman–Crippen MR) is 319 cm³/mol. The van der Waals surface area contributed by atoms with Crippen molar-refractivity contribution in [1.82, 2.24) is 5.32 Å². The SMILES string of the molecule is CCCCCC/C=C\C/C=C\CCCCCCCC(=O)OCCCCCCCCCCCCCC/C=C\CCCCCCCCCCC(=O)NC(CO)C(O)CCCCCCCCCCCCCCCCCC. The number of hydrogen-bond acceptors (Lipinski definition) is 5. The fraction of sp³-hybridized carbons (Fsp3) is 0.881. The van der Waals surface area contributed by atoms with Gasteiger partial charge in [-0.1, -0.05) is 294 Å². The van der Waals surface area contributed by atoms with E-state index >= 15 is 0 Å². The monoisotopic (exact) mass is 1030 g/mol. The number of esters is 1. The van der Waals surface area contributed by atoms with Crippen LogP contribution in [-0.4, -0.2) is 47.4 Å². The van der Waals surface area contributed by atoms with Crippen LogP contribution in [0.3, 0.4) is 0 Å². The topological polar surface area (TPSA) is 95.9 Å². The fourth-order valence-corrected chi connectivity index (χ4v) is 10.1. The van der Waals surface area contributed by atoms with Crippen molar-refractivity contribution in [2.45, 2.75) is 366 Å². The van der Waals surface area contributed by atoms with Crippen LogP contribution in [0.4, 0.5) is 0 Å². The third kappa shape index (κ3) is 59.2. The van der Waals surface area contributed by atoms with Gasteiger partial charge in [0.15, 0.2) is 0 Å². The van der Waals surface area contributed by atoms with Crippen molar-refractivity contribution in [3.05, 3.63) is 36.5 Å². The molecule has 2 unspecified atom stereocenters. The Bertz CT molecular complexity index is 1180. The summed E-state index contributed by atoms with van der Waals surface area (Å²) < 4.78 is 5.48. The van der Waals surface area contributed by atoms with Gasteiger partial charge in [0, 0.05) is 12.8 Å². The molecule has 2 atom stereocenters. The van der Waals surface area contributed by atoms with Crippen LogP contribution >= 0.6 is 0 Å². The summed E-state index contributed by atoms with van der Waals surface area (Å²) in [5.74, 6) is -0.0383. The van der Waals surface area contributed by atoms with E-state index in [0.29, 0.717) is 25.9 Å². The van der Waals surface area contributed by atoms with Gasteiger partial charge in [0.05, 0.1) is 25.4 Å². The van der Waals surface area contributed by atoms with E-state index in [-0.39, 0.29) is 18.5 Å². The second-order valence-corrected chi connectivity index (χ2v) is 22.4. The number of ether oxygens (including phenoxy) is 1. The van der Waals surface area contributed by atoms with E-state index in [2.05, 4.69) is 55.6 Å². The number of aliphatic hydroxyl groups excluding tert-OH is 2. The lowest BCUT2D eigenvalue weighted by Gasteiger charge is -2.22. The summed E-state index contributed by atoms with van der Waals surface area (Å²) in [5.41, 5.74) is 0. The van der Waals surface area contributed by atoms with E-state index in [9.17, 15) is 19.8 Å². The molecule has 0 aromatic heterocycles. The van der Waals surface area contributed by atoms with Crippen molar-refractivity contribution < 1.29 is 24.5 Å². The molecule has 0 saturated heterocycles. The van der Waals surface area contributed by atoms with E-state index in [1.165, 1.54) is 270 Å². The first kappa shape index (κ1) is 71.1. The highest BCUT2D eigenvalue weighted by atomic mass is 16.5. The second kappa shape index (κ2) is 62.6. The number of rotatable bonds is 61. The molecule has 0 rings (SSSR count). The fourth-order valence-electron chi connectivity index (χ4n) is 10.1. The van der Waals surface area contributed by atoms with Crippen LogP contribution in [0.2, 0.25) is 0 Å². The molecule has 0 spiro atoms. The van der Waals surface area contributed by atoms with E-state index in [0.717, 1.165) is 51.4 Å². The molecule has 430 valence electrons. The van der Waals surface area contributed by atoms with Crippen LogP contribution in [0.25, 0.3) is 0 Å². The standard InChI is InChI=1S/C67H127NO5/c1-3-5-7-9-11-13-15-17-19-31-35-39-43-47-51-55-59-65(70)64(63-69)68-66(71)60-56-52-48-44-40-36-32-29-27-25-23-21-22-24-26-28-30-34-38-42-46-50-54-58-62-73-67(72)61-57-53-49-45-41-37-33-20-18-16-14-12-10-8-6-4-2/h14,16,20,23,25,33,64-65,69-70H,3-13,15,17-19,21-22,24,26-32,34-63H2,1-2H3,(H,68,71)/b16-14-,25-23-,33-20-. The van der Waals surface area contributed by atoms with Crippen LogP contribution in [0, 0.1) is 0 Å². The molecular formula is C67H127NO5. The Hall–Kier alpha value is -1.92. The number of allylic oxidation sites excluding steroid dienone is 6. The zero-order chi connectivity index (χ0) is 52.9. The summed E-state index contributed by atoms with van der Waals surface area (Å²) in [7, 11) is 0. The Balaban J connectivity index is 3.41. The van der Waals surface area contributed by atoms with Gasteiger partial charge in [0.1, 0.15) is 0 Å². The lowest BCUT2D eigenvalue weighted by Crippen LogP contribution is -2.45. The van der Waals surface area contributed by atoms with Crippen molar-refractivity contribution in [1.29, 1.82) is 0 Å². The molecular weight excluding hydrogens is 899 g/mol. The van der Waals surface area contributed by atoms with Gasteiger partial charge in [-0.2, -0.15) is 0 Å². The van der Waals surface area contributed by atoms with Gasteiger partial charge < -0.3 is 20.3 Å². The van der Waals surface area contributed by atoms with Gasteiger partial charge in [-0.25, -0.2) is 0 Å². The summed E-state index contributed by atoms with van der Waals surface area (Å²) in [4.78, 5) is 24.6. The Kier molecular flexibility index (Phi) is 61.0. The quantitative estimate of drug-likeness (QED) is 0.0320. The van der Waals surface area contributed by atoms with Crippen molar-refractivity contribution in [2.24, 2.45) is 0 Å². The largest absolute Gasteiger partial charge is 0.466 e. The van der Waals surface area contributed by atoms with Crippen molar-refractivity contribution in [3.63, 3.8) is 0 Å². The van der Waals surface area contributed by atoms with Gasteiger partial charge in [0.25, 0.3) is 0 Å². The van der Waals surface area contributed by atoms with Gasteiger partial charge in [-0.3, -0.25) is 9.59 Å². The number of nitrogens with one attached hydrogen (secondary N) is 1. The maximum Gasteiger partial charge on any atom is 0.305 e. The molecule has 0 aromatic rings. The zero-order valence-electron chi connectivity index (χ0n) is 49.1. The minimum Gasteiger partial charge on any atom is -0.466 e. The lowest BCUT2D eigenvalue weighted by atomic mass is 10.0. The highest BCUT2D eigenvalue weighted by molar-refractivity contribution is 5.76. The third-order valence-electron chi connectivity index (χ3n) is 15.2. The maximum atomic E-state index is 12.5. The van der Waals surface area contributed by atoms with Crippen molar-refractivity contribution >= 4 is 11.9 Å². The lowest BCUT2D eigenvalue weighted by molar-refractivity contribution is -0.143. The number of amides is 1. The van der Waals surface area contributed by atoms with E-state index in [4.69, 9.17) is 4.74 Å². The average molecular weight is 1030 g/mol. The summed E-state index contributed by atoms with van der Waals surface area (Å²) in [5, 5.41) is 23.3. The molecule has 0 aliphatic heterocycles. The molecule has 0 saturated carbocycles. The van der Waals surface area contributed by atoms with Crippen molar-refractivity contribution in [2.75, 3.05) is 13.2 Å². The Morgan fingerprint density at radius 2 is 0.685 bits per heavy atom. The van der Waals surface area contributed by atoms with E-state index in [1.807, 2.05) is 0 Å². The second-order valence-electron chi connectivity index (χ2n) is 22.4. The maximum absolute atomic E-state index is 12.5. The summed E-state index contributed by atoms with van der Waals surface area (Å²) in [6.45, 7) is 4.95. The van der Waals surface area contributed by atoms with Gasteiger partial charge in [-0.05, 0) is 83.5 Å². The average Bonchev–Trinajstić information content (AvgIpc) is 3.39. The summed E-state index contributed by atoms with van der Waals surface area (Å²) in [6.07, 6.45) is 78.8. The summed E-state index contributed by atoms with van der Waals surface area (Å²) in [6, 6.07) is -0.545.